The molecule has 0 fully saturated rings. The molecule has 2 aromatic heterocycles. The largest absolute Gasteiger partial charge is 0.373 e. The molecule has 2 aromatic rings. The van der Waals surface area contributed by atoms with Gasteiger partial charge in [-0.25, -0.2) is 9.97 Å². The molecule has 0 unspecified atom stereocenters. The number of hydrogen-bond acceptors (Lipinski definition) is 4. The number of fused-ring (bicyclic) bond motifs is 1. The Hall–Kier alpha value is -1.62. The molecule has 0 aromatic carbocycles. The number of aromatic amines is 1. The highest BCUT2D eigenvalue weighted by atomic mass is 15.1. The van der Waals surface area contributed by atoms with E-state index in [-0.39, 0.29) is 0 Å². The van der Waals surface area contributed by atoms with Gasteiger partial charge in [0.05, 0.1) is 12.1 Å². The standard InChI is InChI=1S/C11H17N5/c1-7(2)13-6-10-14-8-4-5-9(12-3)15-11(8)16-10/h4-5,7,13H,6H2,1-3H3,(H2,12,14,15,16). The minimum Gasteiger partial charge on any atom is -0.373 e. The Bertz CT molecular complexity index is 474. The third-order valence-electron chi connectivity index (χ3n) is 2.33. The number of aromatic nitrogens is 3. The lowest BCUT2D eigenvalue weighted by molar-refractivity contribution is 0.576. The van der Waals surface area contributed by atoms with E-state index >= 15 is 0 Å². The molecule has 86 valence electrons. The van der Waals surface area contributed by atoms with Crippen LogP contribution in [-0.4, -0.2) is 28.0 Å². The highest BCUT2D eigenvalue weighted by Gasteiger charge is 2.04. The molecule has 0 aliphatic rings. The highest BCUT2D eigenvalue weighted by molar-refractivity contribution is 5.72. The summed E-state index contributed by atoms with van der Waals surface area (Å²) in [5.41, 5.74) is 1.73. The third kappa shape index (κ3) is 2.30. The minimum atomic E-state index is 0.453. The number of nitrogens with zero attached hydrogens (tertiary/aromatic N) is 2. The van der Waals surface area contributed by atoms with Crippen molar-refractivity contribution in [1.29, 1.82) is 0 Å². The predicted molar refractivity (Wildman–Crippen MR) is 65.4 cm³/mol. The number of nitrogens with one attached hydrogen (secondary N) is 3. The number of hydrogen-bond donors (Lipinski definition) is 3. The molecule has 3 N–H and O–H groups in total. The normalized spacial score (nSPS) is 11.2. The first-order chi connectivity index (χ1) is 7.69. The first-order valence-corrected chi connectivity index (χ1v) is 5.46. The maximum atomic E-state index is 4.42. The molecule has 5 heteroatoms. The first kappa shape index (κ1) is 10.9. The molecule has 16 heavy (non-hydrogen) atoms. The third-order valence-corrected chi connectivity index (χ3v) is 2.33. The van der Waals surface area contributed by atoms with Crippen LogP contribution in [0, 0.1) is 0 Å². The number of anilines is 1. The summed E-state index contributed by atoms with van der Waals surface area (Å²) in [6.07, 6.45) is 0. The van der Waals surface area contributed by atoms with E-state index in [4.69, 9.17) is 0 Å². The SMILES string of the molecule is CNc1ccc2[nH]c(CNC(C)C)nc2n1. The second-order valence-corrected chi connectivity index (χ2v) is 4.04. The molecular formula is C11H17N5. The van der Waals surface area contributed by atoms with Gasteiger partial charge < -0.3 is 15.6 Å². The summed E-state index contributed by atoms with van der Waals surface area (Å²) in [6.45, 7) is 4.96. The molecule has 0 spiro atoms. The molecule has 2 rings (SSSR count). The zero-order chi connectivity index (χ0) is 11.5. The average Bonchev–Trinajstić information content (AvgIpc) is 2.67. The van der Waals surface area contributed by atoms with Gasteiger partial charge in [0.1, 0.15) is 11.6 Å². The second kappa shape index (κ2) is 4.49. The van der Waals surface area contributed by atoms with Crippen LogP contribution in [0.5, 0.6) is 0 Å². The lowest BCUT2D eigenvalue weighted by atomic mass is 10.4. The van der Waals surface area contributed by atoms with Crippen LogP contribution < -0.4 is 10.6 Å². The van der Waals surface area contributed by atoms with Crippen molar-refractivity contribution in [2.24, 2.45) is 0 Å². The van der Waals surface area contributed by atoms with Crippen molar-refractivity contribution in [3.8, 4) is 0 Å². The zero-order valence-electron chi connectivity index (χ0n) is 9.83. The van der Waals surface area contributed by atoms with E-state index in [2.05, 4.69) is 39.4 Å². The van der Waals surface area contributed by atoms with Crippen molar-refractivity contribution < 1.29 is 0 Å². The summed E-state index contributed by atoms with van der Waals surface area (Å²) < 4.78 is 0. The number of imidazole rings is 1. The smallest absolute Gasteiger partial charge is 0.179 e. The fourth-order valence-electron chi connectivity index (χ4n) is 1.47. The van der Waals surface area contributed by atoms with Crippen molar-refractivity contribution in [2.45, 2.75) is 26.4 Å². The van der Waals surface area contributed by atoms with E-state index < -0.39 is 0 Å². The quantitative estimate of drug-likeness (QED) is 0.729. The van der Waals surface area contributed by atoms with Crippen LogP contribution in [0.2, 0.25) is 0 Å². The summed E-state index contributed by atoms with van der Waals surface area (Å²) in [5, 5.41) is 6.31. The molecule has 2 heterocycles. The Balaban J connectivity index is 2.22. The average molecular weight is 219 g/mol. The highest BCUT2D eigenvalue weighted by Crippen LogP contribution is 2.12. The Morgan fingerprint density at radius 3 is 2.81 bits per heavy atom. The summed E-state index contributed by atoms with van der Waals surface area (Å²) in [5.74, 6) is 1.76. The van der Waals surface area contributed by atoms with E-state index in [0.29, 0.717) is 6.04 Å². The molecule has 0 amide bonds. The van der Waals surface area contributed by atoms with Gasteiger partial charge >= 0.3 is 0 Å². The van der Waals surface area contributed by atoms with E-state index in [1.54, 1.807) is 0 Å². The summed E-state index contributed by atoms with van der Waals surface area (Å²) in [4.78, 5) is 12.0. The Morgan fingerprint density at radius 1 is 1.31 bits per heavy atom. The summed E-state index contributed by atoms with van der Waals surface area (Å²) in [6, 6.07) is 4.37. The molecule has 0 saturated carbocycles. The van der Waals surface area contributed by atoms with Gasteiger partial charge in [-0.2, -0.15) is 0 Å². The lowest BCUT2D eigenvalue weighted by Gasteiger charge is -2.04. The summed E-state index contributed by atoms with van der Waals surface area (Å²) in [7, 11) is 1.85. The fourth-order valence-corrected chi connectivity index (χ4v) is 1.47. The molecule has 0 atom stereocenters. The lowest BCUT2D eigenvalue weighted by Crippen LogP contribution is -2.22. The molecule has 5 nitrogen and oxygen atoms in total. The van der Waals surface area contributed by atoms with Gasteiger partial charge in [0, 0.05) is 13.1 Å². The van der Waals surface area contributed by atoms with E-state index in [9.17, 15) is 0 Å². The van der Waals surface area contributed by atoms with Gasteiger partial charge in [-0.05, 0) is 12.1 Å². The Kier molecular flexibility index (Phi) is 3.05. The minimum absolute atomic E-state index is 0.453. The van der Waals surface area contributed by atoms with Crippen LogP contribution in [0.3, 0.4) is 0 Å². The summed E-state index contributed by atoms with van der Waals surface area (Å²) >= 11 is 0. The van der Waals surface area contributed by atoms with Crippen molar-refractivity contribution in [3.63, 3.8) is 0 Å². The van der Waals surface area contributed by atoms with E-state index in [1.165, 1.54) is 0 Å². The monoisotopic (exact) mass is 219 g/mol. The van der Waals surface area contributed by atoms with Crippen LogP contribution in [0.15, 0.2) is 12.1 Å². The Morgan fingerprint density at radius 2 is 2.12 bits per heavy atom. The zero-order valence-corrected chi connectivity index (χ0v) is 9.83. The van der Waals surface area contributed by atoms with Crippen LogP contribution in [0.1, 0.15) is 19.7 Å². The van der Waals surface area contributed by atoms with E-state index in [0.717, 1.165) is 29.4 Å². The predicted octanol–water partition coefficient (Wildman–Crippen LogP) is 1.50. The van der Waals surface area contributed by atoms with Crippen LogP contribution >= 0.6 is 0 Å². The Labute approximate surface area is 94.7 Å². The van der Waals surface area contributed by atoms with Crippen LogP contribution in [0.4, 0.5) is 5.82 Å². The van der Waals surface area contributed by atoms with Gasteiger partial charge in [-0.1, -0.05) is 13.8 Å². The van der Waals surface area contributed by atoms with Crippen molar-refractivity contribution in [3.05, 3.63) is 18.0 Å². The second-order valence-electron chi connectivity index (χ2n) is 4.04. The van der Waals surface area contributed by atoms with E-state index in [1.807, 2.05) is 19.2 Å². The van der Waals surface area contributed by atoms with Gasteiger partial charge in [0.15, 0.2) is 5.65 Å². The molecule has 0 aliphatic carbocycles. The van der Waals surface area contributed by atoms with Crippen molar-refractivity contribution in [2.75, 3.05) is 12.4 Å². The first-order valence-electron chi connectivity index (χ1n) is 5.46. The van der Waals surface area contributed by atoms with Crippen LogP contribution in [0.25, 0.3) is 11.2 Å². The molecule has 0 aliphatic heterocycles. The van der Waals surface area contributed by atoms with Crippen LogP contribution in [-0.2, 0) is 6.54 Å². The van der Waals surface area contributed by atoms with Gasteiger partial charge in [0.2, 0.25) is 0 Å². The maximum Gasteiger partial charge on any atom is 0.179 e. The number of pyridine rings is 1. The molecule has 0 saturated heterocycles. The van der Waals surface area contributed by atoms with Gasteiger partial charge in [-0.3, -0.25) is 0 Å². The maximum absolute atomic E-state index is 4.42. The van der Waals surface area contributed by atoms with Crippen molar-refractivity contribution in [1.82, 2.24) is 20.3 Å². The topological polar surface area (TPSA) is 65.6 Å². The fraction of sp³-hybridized carbons (Fsp3) is 0.455. The molecule has 0 radical (unpaired) electrons. The van der Waals surface area contributed by atoms with Crippen molar-refractivity contribution >= 4 is 17.0 Å². The van der Waals surface area contributed by atoms with Gasteiger partial charge in [0.25, 0.3) is 0 Å². The van der Waals surface area contributed by atoms with Gasteiger partial charge in [-0.15, -0.1) is 0 Å². The number of H-pyrrole nitrogens is 1. The molecule has 0 bridgehead atoms. The number of rotatable bonds is 4. The molecular weight excluding hydrogens is 202 g/mol.